The van der Waals surface area contributed by atoms with Crippen LogP contribution >= 0.6 is 15.9 Å². The number of rotatable bonds is 5. The highest BCUT2D eigenvalue weighted by molar-refractivity contribution is 9.08. The van der Waals surface area contributed by atoms with E-state index in [4.69, 9.17) is 4.74 Å². The van der Waals surface area contributed by atoms with Crippen molar-refractivity contribution in [2.45, 2.75) is 25.1 Å². The first-order valence-electron chi connectivity index (χ1n) is 6.33. The van der Waals surface area contributed by atoms with Crippen molar-refractivity contribution in [1.29, 1.82) is 0 Å². The SMILES string of the molecule is CCCc1nc(-c2cccc(OC)c2)ncc1CBr. The molecular formula is C15H17BrN2O. The molecule has 1 aromatic heterocycles. The molecule has 0 saturated heterocycles. The molecule has 1 heterocycles. The van der Waals surface area contributed by atoms with Gasteiger partial charge in [0.05, 0.1) is 7.11 Å². The van der Waals surface area contributed by atoms with Crippen LogP contribution in [-0.4, -0.2) is 17.1 Å². The normalized spacial score (nSPS) is 10.5. The molecule has 2 aromatic rings. The van der Waals surface area contributed by atoms with Crippen LogP contribution in [0.25, 0.3) is 11.4 Å². The first-order valence-corrected chi connectivity index (χ1v) is 7.45. The number of benzene rings is 1. The summed E-state index contributed by atoms with van der Waals surface area (Å²) in [6.07, 6.45) is 3.95. The molecule has 0 amide bonds. The lowest BCUT2D eigenvalue weighted by atomic mass is 10.1. The summed E-state index contributed by atoms with van der Waals surface area (Å²) >= 11 is 3.48. The van der Waals surface area contributed by atoms with Crippen molar-refractivity contribution in [2.75, 3.05) is 7.11 Å². The van der Waals surface area contributed by atoms with Crippen molar-refractivity contribution in [2.24, 2.45) is 0 Å². The highest BCUT2D eigenvalue weighted by Crippen LogP contribution is 2.22. The average molecular weight is 321 g/mol. The minimum Gasteiger partial charge on any atom is -0.497 e. The lowest BCUT2D eigenvalue weighted by molar-refractivity contribution is 0.415. The van der Waals surface area contributed by atoms with E-state index < -0.39 is 0 Å². The van der Waals surface area contributed by atoms with Gasteiger partial charge in [-0.1, -0.05) is 41.4 Å². The fraction of sp³-hybridized carbons (Fsp3) is 0.333. The molecule has 0 aliphatic rings. The van der Waals surface area contributed by atoms with E-state index in [2.05, 4.69) is 32.8 Å². The minimum absolute atomic E-state index is 0.757. The van der Waals surface area contributed by atoms with Crippen LogP contribution in [-0.2, 0) is 11.8 Å². The van der Waals surface area contributed by atoms with Crippen LogP contribution in [0.5, 0.6) is 5.75 Å². The Morgan fingerprint density at radius 3 is 2.84 bits per heavy atom. The Balaban J connectivity index is 2.41. The summed E-state index contributed by atoms with van der Waals surface area (Å²) in [4.78, 5) is 9.12. The lowest BCUT2D eigenvalue weighted by Gasteiger charge is -2.08. The van der Waals surface area contributed by atoms with E-state index in [9.17, 15) is 0 Å². The molecule has 2 rings (SSSR count). The molecule has 0 saturated carbocycles. The molecule has 1 aromatic carbocycles. The number of aryl methyl sites for hydroxylation is 1. The van der Waals surface area contributed by atoms with Gasteiger partial charge in [0.25, 0.3) is 0 Å². The first-order chi connectivity index (χ1) is 9.28. The number of ether oxygens (including phenoxy) is 1. The van der Waals surface area contributed by atoms with Gasteiger partial charge < -0.3 is 4.74 Å². The zero-order valence-corrected chi connectivity index (χ0v) is 12.8. The smallest absolute Gasteiger partial charge is 0.159 e. The third-order valence-corrected chi connectivity index (χ3v) is 3.52. The average Bonchev–Trinajstić information content (AvgIpc) is 2.47. The van der Waals surface area contributed by atoms with Crippen molar-refractivity contribution in [3.63, 3.8) is 0 Å². The molecule has 0 atom stereocenters. The van der Waals surface area contributed by atoms with E-state index in [1.807, 2.05) is 30.5 Å². The van der Waals surface area contributed by atoms with Gasteiger partial charge in [-0.25, -0.2) is 9.97 Å². The number of methoxy groups -OCH3 is 1. The molecule has 0 aliphatic carbocycles. The van der Waals surface area contributed by atoms with Crippen LogP contribution in [0.1, 0.15) is 24.6 Å². The van der Waals surface area contributed by atoms with Crippen LogP contribution < -0.4 is 4.74 Å². The summed E-state index contributed by atoms with van der Waals surface area (Å²) in [5, 5.41) is 0.792. The van der Waals surface area contributed by atoms with Crippen LogP contribution in [0.15, 0.2) is 30.5 Å². The highest BCUT2D eigenvalue weighted by atomic mass is 79.9. The maximum absolute atomic E-state index is 5.24. The number of hydrogen-bond donors (Lipinski definition) is 0. The Hall–Kier alpha value is -1.42. The second-order valence-corrected chi connectivity index (χ2v) is 4.84. The second kappa shape index (κ2) is 6.66. The molecule has 0 unspecified atom stereocenters. The number of nitrogens with zero attached hydrogens (tertiary/aromatic N) is 2. The predicted octanol–water partition coefficient (Wildman–Crippen LogP) is 4.00. The summed E-state index contributed by atoms with van der Waals surface area (Å²) in [5.41, 5.74) is 3.26. The van der Waals surface area contributed by atoms with E-state index in [0.717, 1.165) is 46.6 Å². The number of halogens is 1. The van der Waals surface area contributed by atoms with Crippen molar-refractivity contribution in [1.82, 2.24) is 9.97 Å². The van der Waals surface area contributed by atoms with E-state index in [1.165, 1.54) is 0 Å². The van der Waals surface area contributed by atoms with Crippen molar-refractivity contribution >= 4 is 15.9 Å². The molecule has 19 heavy (non-hydrogen) atoms. The lowest BCUT2D eigenvalue weighted by Crippen LogP contribution is -2.00. The second-order valence-electron chi connectivity index (χ2n) is 4.28. The van der Waals surface area contributed by atoms with Gasteiger partial charge in [0.2, 0.25) is 0 Å². The molecule has 3 nitrogen and oxygen atoms in total. The first kappa shape index (κ1) is 14.0. The van der Waals surface area contributed by atoms with Crippen LogP contribution in [0.4, 0.5) is 0 Å². The summed E-state index contributed by atoms with van der Waals surface area (Å²) < 4.78 is 5.24. The number of alkyl halides is 1. The molecule has 4 heteroatoms. The van der Waals surface area contributed by atoms with Gasteiger partial charge in [0.15, 0.2) is 5.82 Å². The van der Waals surface area contributed by atoms with E-state index in [-0.39, 0.29) is 0 Å². The molecule has 0 aliphatic heterocycles. The molecule has 0 bridgehead atoms. The fourth-order valence-electron chi connectivity index (χ4n) is 1.91. The van der Waals surface area contributed by atoms with E-state index >= 15 is 0 Å². The van der Waals surface area contributed by atoms with Crippen molar-refractivity contribution in [3.05, 3.63) is 41.7 Å². The summed E-state index contributed by atoms with van der Waals surface area (Å²) in [5.74, 6) is 1.58. The Morgan fingerprint density at radius 2 is 2.16 bits per heavy atom. The molecule has 0 fully saturated rings. The van der Waals surface area contributed by atoms with Gasteiger partial charge in [-0.05, 0) is 18.6 Å². The zero-order chi connectivity index (χ0) is 13.7. The summed E-state index contributed by atoms with van der Waals surface area (Å²) in [6.45, 7) is 2.16. The molecule has 0 spiro atoms. The van der Waals surface area contributed by atoms with E-state index in [0.29, 0.717) is 0 Å². The fourth-order valence-corrected chi connectivity index (χ4v) is 2.38. The van der Waals surface area contributed by atoms with Gasteiger partial charge >= 0.3 is 0 Å². The third-order valence-electron chi connectivity index (χ3n) is 2.91. The van der Waals surface area contributed by atoms with Gasteiger partial charge in [-0.15, -0.1) is 0 Å². The van der Waals surface area contributed by atoms with Crippen molar-refractivity contribution < 1.29 is 4.74 Å². The third kappa shape index (κ3) is 3.32. The summed E-state index contributed by atoms with van der Waals surface area (Å²) in [7, 11) is 1.66. The maximum Gasteiger partial charge on any atom is 0.159 e. The Kier molecular flexibility index (Phi) is 4.91. The molecule has 0 N–H and O–H groups in total. The Labute approximate surface area is 122 Å². The molecule has 100 valence electrons. The number of aromatic nitrogens is 2. The quantitative estimate of drug-likeness (QED) is 0.781. The zero-order valence-electron chi connectivity index (χ0n) is 11.2. The van der Waals surface area contributed by atoms with Crippen LogP contribution in [0, 0.1) is 0 Å². The predicted molar refractivity (Wildman–Crippen MR) is 80.6 cm³/mol. The molecule has 0 radical (unpaired) electrons. The Bertz CT molecular complexity index is 558. The standard InChI is InChI=1S/C15H17BrN2O/c1-3-5-14-12(9-16)10-17-15(18-14)11-6-4-7-13(8-11)19-2/h4,6-8,10H,3,5,9H2,1-2H3. The largest absolute Gasteiger partial charge is 0.497 e. The number of hydrogen-bond acceptors (Lipinski definition) is 3. The van der Waals surface area contributed by atoms with E-state index in [1.54, 1.807) is 7.11 Å². The van der Waals surface area contributed by atoms with Gasteiger partial charge in [-0.3, -0.25) is 0 Å². The topological polar surface area (TPSA) is 35.0 Å². The van der Waals surface area contributed by atoms with Gasteiger partial charge in [0, 0.05) is 28.3 Å². The van der Waals surface area contributed by atoms with Gasteiger partial charge in [-0.2, -0.15) is 0 Å². The molecular weight excluding hydrogens is 304 g/mol. The highest BCUT2D eigenvalue weighted by Gasteiger charge is 2.08. The van der Waals surface area contributed by atoms with Crippen LogP contribution in [0.2, 0.25) is 0 Å². The van der Waals surface area contributed by atoms with Crippen molar-refractivity contribution in [3.8, 4) is 17.1 Å². The monoisotopic (exact) mass is 320 g/mol. The summed E-state index contributed by atoms with van der Waals surface area (Å²) in [6, 6.07) is 7.83. The maximum atomic E-state index is 5.24. The minimum atomic E-state index is 0.757. The Morgan fingerprint density at radius 1 is 1.32 bits per heavy atom. The van der Waals surface area contributed by atoms with Gasteiger partial charge in [0.1, 0.15) is 5.75 Å². The van der Waals surface area contributed by atoms with Crippen LogP contribution in [0.3, 0.4) is 0 Å².